The van der Waals surface area contributed by atoms with Crippen molar-refractivity contribution in [1.82, 2.24) is 19.5 Å². The maximum Gasteiger partial charge on any atom is 0.167 e. The predicted octanol–water partition coefficient (Wildman–Crippen LogP) is 2.13. The molecule has 1 N–H and O–H groups in total. The summed E-state index contributed by atoms with van der Waals surface area (Å²) in [6.45, 7) is 3.79. The molecule has 4 heterocycles. The summed E-state index contributed by atoms with van der Waals surface area (Å²) in [4.78, 5) is 16.0. The molecule has 27 heavy (non-hydrogen) atoms. The van der Waals surface area contributed by atoms with Crippen LogP contribution in [0.5, 0.6) is 0 Å². The fourth-order valence-corrected chi connectivity index (χ4v) is 4.44. The largest absolute Gasteiger partial charge is 0.371 e. The maximum absolute atomic E-state index is 8.70. The minimum absolute atomic E-state index is 0.0838. The van der Waals surface area contributed by atoms with Crippen LogP contribution < -0.4 is 5.32 Å². The zero-order valence-corrected chi connectivity index (χ0v) is 15.2. The number of ether oxygens (including phenoxy) is 3. The van der Waals surface area contributed by atoms with Crippen LogP contribution in [-0.4, -0.2) is 56.2 Å². The van der Waals surface area contributed by atoms with Crippen LogP contribution in [0.2, 0.25) is 0 Å². The number of hydrogen-bond donors (Lipinski definition) is 1. The first-order chi connectivity index (χ1) is 13.0. The molecule has 1 saturated carbocycles. The average Bonchev–Trinajstić information content (AvgIpc) is 3.24. The Labute approximate surface area is 154 Å². The molecule has 142 valence electrons. The lowest BCUT2D eigenvalue weighted by Gasteiger charge is -2.45. The maximum atomic E-state index is 8.70. The highest BCUT2D eigenvalue weighted by Crippen LogP contribution is 2.56. The van der Waals surface area contributed by atoms with Gasteiger partial charge in [0, 0.05) is 18.0 Å². The Bertz CT molecular complexity index is 946. The van der Waals surface area contributed by atoms with Crippen molar-refractivity contribution < 1.29 is 14.2 Å². The highest BCUT2D eigenvalue weighted by atomic mass is 16.8. The third-order valence-corrected chi connectivity index (χ3v) is 5.53. The molecule has 0 unspecified atom stereocenters. The summed E-state index contributed by atoms with van der Waals surface area (Å²) in [5.41, 5.74) is 9.50. The van der Waals surface area contributed by atoms with Crippen molar-refractivity contribution in [3.05, 3.63) is 23.1 Å². The lowest BCUT2D eigenvalue weighted by Crippen LogP contribution is -2.55. The van der Waals surface area contributed by atoms with Gasteiger partial charge in [0.15, 0.2) is 23.5 Å². The van der Waals surface area contributed by atoms with Crippen molar-refractivity contribution in [2.45, 2.75) is 62.6 Å². The minimum Gasteiger partial charge on any atom is -0.371 e. The topological polar surface area (TPSA) is 132 Å². The number of aromatic nitrogens is 4. The highest BCUT2D eigenvalue weighted by molar-refractivity contribution is 5.82. The van der Waals surface area contributed by atoms with Crippen LogP contribution in [0.3, 0.4) is 0 Å². The zero-order chi connectivity index (χ0) is 18.8. The molecule has 2 saturated heterocycles. The second-order valence-corrected chi connectivity index (χ2v) is 7.66. The van der Waals surface area contributed by atoms with Gasteiger partial charge in [-0.25, -0.2) is 15.0 Å². The van der Waals surface area contributed by atoms with E-state index in [2.05, 4.69) is 30.3 Å². The lowest BCUT2D eigenvalue weighted by molar-refractivity contribution is -0.238. The molecule has 2 aliphatic heterocycles. The van der Waals surface area contributed by atoms with Gasteiger partial charge in [0.05, 0.1) is 6.33 Å². The Hall–Kier alpha value is -2.46. The fraction of sp³-hybridized carbons (Fsp3) is 0.688. The molecule has 2 aromatic heterocycles. The highest BCUT2D eigenvalue weighted by Gasteiger charge is 2.67. The third-order valence-electron chi connectivity index (χ3n) is 5.53. The van der Waals surface area contributed by atoms with Crippen molar-refractivity contribution in [1.29, 1.82) is 0 Å². The Morgan fingerprint density at radius 3 is 2.81 bits per heavy atom. The van der Waals surface area contributed by atoms with Crippen LogP contribution in [-0.2, 0) is 14.2 Å². The molecule has 3 atom stereocenters. The first kappa shape index (κ1) is 16.7. The summed E-state index contributed by atoms with van der Waals surface area (Å²) >= 11 is 0. The van der Waals surface area contributed by atoms with Gasteiger partial charge in [-0.3, -0.25) is 4.57 Å². The monoisotopic (exact) mass is 372 g/mol. The second-order valence-electron chi connectivity index (χ2n) is 7.66. The number of nitrogens with one attached hydrogen (secondary N) is 1. The number of hydrogen-bond acceptors (Lipinski definition) is 8. The van der Waals surface area contributed by atoms with E-state index in [1.807, 2.05) is 18.4 Å². The molecule has 0 aromatic carbocycles. The Kier molecular flexibility index (Phi) is 3.41. The first-order valence-corrected chi connectivity index (χ1v) is 8.89. The molecule has 0 amide bonds. The quantitative estimate of drug-likeness (QED) is 0.496. The first-order valence-electron chi connectivity index (χ1n) is 8.89. The summed E-state index contributed by atoms with van der Waals surface area (Å²) in [6, 6.07) is -0.0838. The zero-order valence-electron chi connectivity index (χ0n) is 15.2. The molecular formula is C16H20N8O3. The van der Waals surface area contributed by atoms with Crippen molar-refractivity contribution in [3.63, 3.8) is 0 Å². The van der Waals surface area contributed by atoms with Gasteiger partial charge < -0.3 is 19.5 Å². The number of nitrogens with zero attached hydrogens (tertiary/aromatic N) is 7. The summed E-state index contributed by atoms with van der Waals surface area (Å²) < 4.78 is 20.7. The van der Waals surface area contributed by atoms with Gasteiger partial charge in [-0.05, 0) is 32.2 Å². The summed E-state index contributed by atoms with van der Waals surface area (Å²) in [5.74, 6) is -0.0610. The third kappa shape index (κ3) is 2.32. The second kappa shape index (κ2) is 5.52. The lowest BCUT2D eigenvalue weighted by atomic mass is 9.72. The molecule has 2 aromatic rings. The smallest absolute Gasteiger partial charge is 0.167 e. The standard InChI is InChI=1S/C16H20N8O3/c1-15(2)25-10-11(26-15)16(4-8(5-16)22-23-17)27-14(10)24-7-21-9-12(18-3)19-6-20-13(9)24/h6-8,10-11,14H,4-5H2,1-3H3,(H,18,19,20)/t8?,10-,11+,14-,16?/m1/s1. The van der Waals surface area contributed by atoms with Crippen molar-refractivity contribution in [2.24, 2.45) is 5.11 Å². The van der Waals surface area contributed by atoms with Crippen molar-refractivity contribution in [2.75, 3.05) is 12.4 Å². The molecule has 11 nitrogen and oxygen atoms in total. The Morgan fingerprint density at radius 2 is 2.07 bits per heavy atom. The van der Waals surface area contributed by atoms with Gasteiger partial charge in [-0.1, -0.05) is 5.11 Å². The van der Waals surface area contributed by atoms with Gasteiger partial charge in [-0.15, -0.1) is 0 Å². The molecule has 3 fully saturated rings. The molecule has 3 aliphatic rings. The van der Waals surface area contributed by atoms with Crippen LogP contribution >= 0.6 is 0 Å². The summed E-state index contributed by atoms with van der Waals surface area (Å²) in [6.07, 6.45) is 3.41. The van der Waals surface area contributed by atoms with Crippen molar-refractivity contribution in [3.8, 4) is 0 Å². The number of imidazole rings is 1. The van der Waals surface area contributed by atoms with Gasteiger partial charge in [0.1, 0.15) is 29.7 Å². The van der Waals surface area contributed by atoms with E-state index in [1.165, 1.54) is 6.33 Å². The van der Waals surface area contributed by atoms with E-state index >= 15 is 0 Å². The van der Waals surface area contributed by atoms with Crippen LogP contribution in [0.4, 0.5) is 5.82 Å². The van der Waals surface area contributed by atoms with E-state index < -0.39 is 17.6 Å². The number of azide groups is 1. The number of anilines is 1. The van der Waals surface area contributed by atoms with E-state index in [4.69, 9.17) is 19.7 Å². The van der Waals surface area contributed by atoms with Crippen LogP contribution in [0, 0.1) is 0 Å². The van der Waals surface area contributed by atoms with E-state index in [9.17, 15) is 0 Å². The fourth-order valence-electron chi connectivity index (χ4n) is 4.44. The van der Waals surface area contributed by atoms with Gasteiger partial charge in [0.25, 0.3) is 0 Å². The molecule has 0 radical (unpaired) electrons. The van der Waals surface area contributed by atoms with E-state index in [1.54, 1.807) is 13.4 Å². The van der Waals surface area contributed by atoms with Crippen LogP contribution in [0.15, 0.2) is 17.8 Å². The van der Waals surface area contributed by atoms with Gasteiger partial charge in [-0.2, -0.15) is 0 Å². The number of rotatable bonds is 3. The molecule has 11 heteroatoms. The summed E-state index contributed by atoms with van der Waals surface area (Å²) in [7, 11) is 1.79. The van der Waals surface area contributed by atoms with E-state index in [-0.39, 0.29) is 18.2 Å². The normalized spacial score (nSPS) is 36.4. The van der Waals surface area contributed by atoms with E-state index in [0.29, 0.717) is 29.8 Å². The van der Waals surface area contributed by atoms with Gasteiger partial charge >= 0.3 is 0 Å². The molecule has 0 bridgehead atoms. The summed E-state index contributed by atoms with van der Waals surface area (Å²) in [5, 5.41) is 6.84. The van der Waals surface area contributed by atoms with Crippen LogP contribution in [0.25, 0.3) is 21.6 Å². The number of fused-ring (bicyclic) bond motifs is 3. The molecule has 1 spiro atoms. The molecule has 1 aliphatic carbocycles. The Balaban J connectivity index is 1.54. The minimum atomic E-state index is -0.713. The van der Waals surface area contributed by atoms with E-state index in [0.717, 1.165) is 0 Å². The predicted molar refractivity (Wildman–Crippen MR) is 93.7 cm³/mol. The Morgan fingerprint density at radius 1 is 1.26 bits per heavy atom. The van der Waals surface area contributed by atoms with Gasteiger partial charge in [0.2, 0.25) is 0 Å². The average molecular weight is 372 g/mol. The molecular weight excluding hydrogens is 352 g/mol. The molecule has 5 rings (SSSR count). The van der Waals surface area contributed by atoms with Crippen molar-refractivity contribution >= 4 is 17.0 Å². The SMILES string of the molecule is CNc1ncnc2c1ncn2[C@@H]1OC2(CC(N=[N+]=[N-])C2)[C@H]2OC(C)(C)O[C@@H]12. The van der Waals surface area contributed by atoms with Crippen LogP contribution in [0.1, 0.15) is 32.9 Å².